The number of likely N-dealkylation sites (tertiary alicyclic amines) is 3. The molecule has 0 bridgehead atoms. The van der Waals surface area contributed by atoms with Crippen molar-refractivity contribution in [3.05, 3.63) is 304 Å². The normalized spacial score (nSPS) is 14.3. The second-order valence-electron chi connectivity index (χ2n) is 27.9. The van der Waals surface area contributed by atoms with Gasteiger partial charge in [0.1, 0.15) is 24.1 Å². The molecule has 4 saturated heterocycles. The number of halogens is 1. The Kier molecular flexibility index (Phi) is 47.1. The molecule has 0 unspecified atom stereocenters. The zero-order valence-electron chi connectivity index (χ0n) is 68.6. The van der Waals surface area contributed by atoms with E-state index in [1.54, 1.807) is 31.2 Å². The number of carbonyl (C=O) groups is 4. The zero-order chi connectivity index (χ0) is 80.6. The number of imidazole rings is 3. The Labute approximate surface area is 795 Å². The summed E-state index contributed by atoms with van der Waals surface area (Å²) in [5, 5.41) is 27.0. The standard InChI is InChI=1S/C31H34N4O.C24H22N2O2.C16H14N2O2.C8H9Br.C8H16N2.C4H6O4.CH2O3.2CH4.2K.H/c36-31(34-20-17-27(23-34)33-18-6-7-19-33)26-14-12-25(13-15-26)22-30-32-28-10-4-5-11-29(28)35(30)21-16-24-8-2-1-3-9-24;1-28-24(27)20-13-11-19(12-14-20)17-23-25-21-9-5-6-10-22(21)26(23)16-15-18-7-3-2-4-8-18;1-20-16(19)12-8-6-11(7-9-12)10-15-17-13-4-2-3-5-14(13)18-15;9-7-6-8-4-2-1-3-5-8;1-2-6-10(5-1)8-3-4-9-7-8;1-2-3-4-6-8-7-5;2-1-4-3;;;;;/h1-5,8-15,27H,6-7,16-23H2;2-14H,15-17H2,1H3;2-9H,10H2,1H3,(H,17,18);1-5H,6-7H2;8-9H,1-7H2;5H,4H2,1H3;1,3H;2*1H4;;;/q;;;;;;;;;2*+1;-1/p-1/t27-;;;;8-;;;;;;;/m0...0......./s1. The van der Waals surface area contributed by atoms with E-state index in [-0.39, 0.29) is 150 Å². The molecule has 119 heavy (non-hydrogen) atoms. The summed E-state index contributed by atoms with van der Waals surface area (Å²) < 4.78 is 14.1. The van der Waals surface area contributed by atoms with Crippen LogP contribution in [0.25, 0.3) is 33.1 Å². The van der Waals surface area contributed by atoms with Gasteiger partial charge in [0, 0.05) is 75.0 Å². The molecule has 4 aliphatic rings. The Morgan fingerprint density at radius 3 is 1.39 bits per heavy atom. The third kappa shape index (κ3) is 32.2. The van der Waals surface area contributed by atoms with Crippen molar-refractivity contribution >= 4 is 73.3 Å². The number of hydrogen-bond acceptors (Lipinski definition) is 18. The summed E-state index contributed by atoms with van der Waals surface area (Å²) in [6.07, 6.45) is 13.1. The number of aromatic amines is 1. The van der Waals surface area contributed by atoms with Crippen LogP contribution in [0.3, 0.4) is 0 Å². The quantitative estimate of drug-likeness (QED) is 0.00787. The number of aromatic nitrogens is 6. The fourth-order valence-electron chi connectivity index (χ4n) is 14.4. The van der Waals surface area contributed by atoms with E-state index in [0.717, 1.165) is 131 Å². The first kappa shape index (κ1) is 100. The monoisotopic (exact) mass is 1730 g/mol. The van der Waals surface area contributed by atoms with E-state index in [1.165, 1.54) is 113 Å². The summed E-state index contributed by atoms with van der Waals surface area (Å²) in [7, 11) is 2.77. The molecule has 1 amide bonds. The summed E-state index contributed by atoms with van der Waals surface area (Å²) in [6, 6.07) is 80.7. The number of fused-ring (bicyclic) bond motifs is 3. The maximum absolute atomic E-state index is 13.2. The number of carbonyl (C=O) groups excluding carboxylic acids is 4. The van der Waals surface area contributed by atoms with Gasteiger partial charge in [0.25, 0.3) is 12.4 Å². The smallest absolute Gasteiger partial charge is 1.00 e. The number of para-hydroxylation sites is 6. The third-order valence-corrected chi connectivity index (χ3v) is 20.7. The number of rotatable bonds is 23. The average molecular weight is 1730 g/mol. The van der Waals surface area contributed by atoms with Gasteiger partial charge in [-0.25, -0.2) is 29.8 Å². The Hall–Kier alpha value is -7.74. The van der Waals surface area contributed by atoms with Gasteiger partial charge in [0.15, 0.2) is 0 Å². The van der Waals surface area contributed by atoms with Crippen LogP contribution in [0, 0.1) is 11.8 Å². The molecule has 16 rings (SSSR count). The summed E-state index contributed by atoms with van der Waals surface area (Å²) in [4.78, 5) is 76.4. The Morgan fingerprint density at radius 1 is 0.538 bits per heavy atom. The molecule has 3 N–H and O–H groups in total. The zero-order valence-corrected chi connectivity index (χ0v) is 75.4. The SMILES string of the molecule is BrCCc1ccccc1.C.C.C1CCN([C@H]2CCNC2)C1.CC#CCOOOO.COC(=O)c1ccc(Cc2nc3ccccc3[nH]2)cc1.COC(=O)c1ccc(Cc2nc3ccccc3n2CCc2ccccc2)cc1.O=C(c1ccc(Cc2nc3ccccc3n2CCc2ccccc2)cc1)N1CC[C@H](N2CCCC2)C1.O=CO[O-].[H-].[K+].[K+]. The molecule has 0 saturated carbocycles. The van der Waals surface area contributed by atoms with Crippen molar-refractivity contribution in [3.8, 4) is 11.8 Å². The van der Waals surface area contributed by atoms with E-state index >= 15 is 0 Å². The number of benzene rings is 9. The molecule has 7 heterocycles. The Balaban J connectivity index is 0.000000272. The maximum Gasteiger partial charge on any atom is 1.00 e. The van der Waals surface area contributed by atoms with Gasteiger partial charge < -0.3 is 45.4 Å². The van der Waals surface area contributed by atoms with Gasteiger partial charge in [0.2, 0.25) is 0 Å². The molecular formula is C94H111BrK2N10O12. The number of esters is 2. The van der Waals surface area contributed by atoms with Crippen LogP contribution in [0.1, 0.15) is 144 Å². The van der Waals surface area contributed by atoms with Crippen LogP contribution in [0.4, 0.5) is 0 Å². The van der Waals surface area contributed by atoms with Crippen LogP contribution in [-0.2, 0) is 85.7 Å². The number of ether oxygens (including phenoxy) is 2. The summed E-state index contributed by atoms with van der Waals surface area (Å²) in [5.74, 6) is 7.57. The van der Waals surface area contributed by atoms with E-state index in [2.05, 4.69) is 214 Å². The minimum atomic E-state index is -0.319. The van der Waals surface area contributed by atoms with Gasteiger partial charge in [-0.15, -0.1) is 5.92 Å². The molecule has 0 aliphatic carbocycles. The molecule has 3 aromatic heterocycles. The number of hydrogen-bond donors (Lipinski definition) is 3. The van der Waals surface area contributed by atoms with Gasteiger partial charge in [-0.05, 0) is 214 Å². The van der Waals surface area contributed by atoms with E-state index < -0.39 is 0 Å². The van der Waals surface area contributed by atoms with E-state index in [4.69, 9.17) is 30.0 Å². The fourth-order valence-corrected chi connectivity index (χ4v) is 14.9. The van der Waals surface area contributed by atoms with Gasteiger partial charge in [-0.1, -0.05) is 200 Å². The van der Waals surface area contributed by atoms with Crippen molar-refractivity contribution in [2.24, 2.45) is 0 Å². The molecule has 4 fully saturated rings. The predicted molar refractivity (Wildman–Crippen MR) is 463 cm³/mol. The van der Waals surface area contributed by atoms with Crippen LogP contribution >= 0.6 is 15.9 Å². The minimum Gasteiger partial charge on any atom is -1.00 e. The molecule has 22 nitrogen and oxygen atoms in total. The van der Waals surface area contributed by atoms with Crippen molar-refractivity contribution in [1.29, 1.82) is 0 Å². The molecule has 12 aromatic rings. The second-order valence-corrected chi connectivity index (χ2v) is 28.7. The van der Waals surface area contributed by atoms with E-state index in [0.29, 0.717) is 30.0 Å². The first-order valence-electron chi connectivity index (χ1n) is 39.1. The van der Waals surface area contributed by atoms with Crippen molar-refractivity contribution in [1.82, 2.24) is 49.1 Å². The molecule has 2 atom stereocenters. The van der Waals surface area contributed by atoms with E-state index in [1.807, 2.05) is 89.8 Å². The molecular weight excluding hydrogens is 1620 g/mol. The third-order valence-electron chi connectivity index (χ3n) is 20.3. The number of H-pyrrole nitrogens is 1. The van der Waals surface area contributed by atoms with Crippen molar-refractivity contribution in [2.75, 3.05) is 78.5 Å². The van der Waals surface area contributed by atoms with Gasteiger partial charge >= 0.3 is 115 Å². The first-order valence-corrected chi connectivity index (χ1v) is 40.2. The predicted octanol–water partition coefficient (Wildman–Crippen LogP) is 10.0. The number of methoxy groups -OCH3 is 2. The first-order chi connectivity index (χ1) is 56.5. The average Bonchev–Trinajstić information content (AvgIpc) is 1.65. The van der Waals surface area contributed by atoms with Gasteiger partial charge in [0.05, 0.1) is 58.4 Å². The number of alkyl halides is 1. The van der Waals surface area contributed by atoms with Crippen LogP contribution in [-0.4, -0.2) is 164 Å². The number of aryl methyl sites for hydroxylation is 5. The summed E-state index contributed by atoms with van der Waals surface area (Å²) in [6.45, 7) is 12.6. The summed E-state index contributed by atoms with van der Waals surface area (Å²) in [5.41, 5.74) is 15.7. The van der Waals surface area contributed by atoms with Crippen LogP contribution < -0.4 is 113 Å². The van der Waals surface area contributed by atoms with Crippen molar-refractivity contribution < 1.29 is 163 Å². The Morgan fingerprint density at radius 2 is 0.966 bits per heavy atom. The fraction of sp³-hybridized carbons (Fsp3) is 0.330. The van der Waals surface area contributed by atoms with Crippen LogP contribution in [0.15, 0.2) is 237 Å². The molecule has 9 aromatic carbocycles. The molecule has 25 heteroatoms. The van der Waals surface area contributed by atoms with Crippen molar-refractivity contribution in [3.63, 3.8) is 0 Å². The molecule has 4 aliphatic heterocycles. The van der Waals surface area contributed by atoms with Crippen LogP contribution in [0.2, 0.25) is 0 Å². The number of nitrogens with one attached hydrogen (secondary N) is 2. The van der Waals surface area contributed by atoms with Gasteiger partial charge in [-0.3, -0.25) is 19.4 Å². The maximum atomic E-state index is 13.2. The van der Waals surface area contributed by atoms with Gasteiger partial charge in [-0.2, -0.15) is 4.89 Å². The molecule has 0 spiro atoms. The second kappa shape index (κ2) is 56.0. The number of amides is 1. The van der Waals surface area contributed by atoms with E-state index in [9.17, 15) is 14.4 Å². The number of nitrogens with zero attached hydrogens (tertiary/aromatic N) is 8. The minimum absolute atomic E-state index is 0. The summed E-state index contributed by atoms with van der Waals surface area (Å²) >= 11 is 3.39. The molecule has 0 radical (unpaired) electrons. The topological polar surface area (TPSA) is 253 Å². The molecule has 618 valence electrons. The Bertz CT molecular complexity index is 4920. The largest absolute Gasteiger partial charge is 1.00 e. The van der Waals surface area contributed by atoms with Crippen LogP contribution in [0.5, 0.6) is 0 Å². The van der Waals surface area contributed by atoms with Crippen molar-refractivity contribution in [2.45, 2.75) is 124 Å².